The van der Waals surface area contributed by atoms with Crippen molar-refractivity contribution in [3.63, 3.8) is 0 Å². The number of nitrogens with one attached hydrogen (secondary N) is 1. The third-order valence-electron chi connectivity index (χ3n) is 2.29. The summed E-state index contributed by atoms with van der Waals surface area (Å²) in [5.41, 5.74) is 0.253. The maximum Gasteiger partial charge on any atom is 0.245 e. The molecule has 3 nitrogen and oxygen atoms in total. The van der Waals surface area contributed by atoms with Crippen LogP contribution in [0, 0.1) is 17.8 Å². The number of carbonyl (C=O) groups excluding carboxylic acids is 1. The van der Waals surface area contributed by atoms with E-state index in [1.54, 1.807) is 0 Å². The first kappa shape index (κ1) is 16.0. The molecule has 17 heavy (non-hydrogen) atoms. The Morgan fingerprint density at radius 2 is 2.06 bits per heavy atom. The summed E-state index contributed by atoms with van der Waals surface area (Å²) in [4.78, 5) is 11.3. The predicted molar refractivity (Wildman–Crippen MR) is 70.6 cm³/mol. The van der Waals surface area contributed by atoms with Gasteiger partial charge in [-0.25, -0.2) is 0 Å². The Morgan fingerprint density at radius 1 is 1.35 bits per heavy atom. The summed E-state index contributed by atoms with van der Waals surface area (Å²) in [6.07, 6.45) is 8.76. The molecule has 0 bridgehead atoms. The molecule has 0 aliphatic rings. The maximum absolute atomic E-state index is 11.3. The van der Waals surface area contributed by atoms with Crippen LogP contribution in [-0.4, -0.2) is 25.7 Å². The summed E-state index contributed by atoms with van der Waals surface area (Å²) < 4.78 is 5.24. The maximum atomic E-state index is 11.3. The second-order valence-electron chi connectivity index (χ2n) is 5.37. The molecule has 0 saturated carbocycles. The van der Waals surface area contributed by atoms with Crippen LogP contribution in [0.25, 0.3) is 0 Å². The second-order valence-corrected chi connectivity index (χ2v) is 5.37. The number of amides is 1. The molecule has 0 aliphatic heterocycles. The monoisotopic (exact) mass is 239 g/mol. The minimum Gasteiger partial charge on any atom is -0.372 e. The minimum atomic E-state index is -0.0359. The molecule has 1 N–H and O–H groups in total. The van der Waals surface area contributed by atoms with Crippen molar-refractivity contribution in [2.45, 2.75) is 46.5 Å². The smallest absolute Gasteiger partial charge is 0.245 e. The molecule has 3 heteroatoms. The van der Waals surface area contributed by atoms with Gasteiger partial charge in [-0.15, -0.1) is 12.3 Å². The van der Waals surface area contributed by atoms with E-state index in [4.69, 9.17) is 11.2 Å². The van der Waals surface area contributed by atoms with Gasteiger partial charge in [-0.05, 0) is 24.7 Å². The number of rotatable bonds is 8. The fourth-order valence-corrected chi connectivity index (χ4v) is 1.22. The van der Waals surface area contributed by atoms with E-state index in [2.05, 4.69) is 32.0 Å². The van der Waals surface area contributed by atoms with E-state index >= 15 is 0 Å². The summed E-state index contributed by atoms with van der Waals surface area (Å²) in [5.74, 6) is 2.54. The second kappa shape index (κ2) is 9.07. The van der Waals surface area contributed by atoms with Gasteiger partial charge in [0.15, 0.2) is 0 Å². The molecule has 0 rings (SSSR count). The lowest BCUT2D eigenvalue weighted by molar-refractivity contribution is -0.125. The van der Waals surface area contributed by atoms with Gasteiger partial charge < -0.3 is 10.1 Å². The van der Waals surface area contributed by atoms with Crippen LogP contribution in [0.3, 0.4) is 0 Å². The standard InChI is InChI=1S/C14H25NO2/c1-5-6-7-8-11-17-12-13(16)15-10-9-14(2,3)4/h1H,6-12H2,2-4H3,(H,15,16). The van der Waals surface area contributed by atoms with Crippen LogP contribution in [-0.2, 0) is 9.53 Å². The van der Waals surface area contributed by atoms with Gasteiger partial charge in [0.05, 0.1) is 0 Å². The third kappa shape index (κ3) is 12.9. The SMILES string of the molecule is C#CCCCCOCC(=O)NCCC(C)(C)C. The van der Waals surface area contributed by atoms with E-state index in [-0.39, 0.29) is 17.9 Å². The molecule has 1 amide bonds. The number of hydrogen-bond acceptors (Lipinski definition) is 2. The molecule has 0 aromatic heterocycles. The Hall–Kier alpha value is -1.01. The number of ether oxygens (including phenoxy) is 1. The van der Waals surface area contributed by atoms with E-state index in [9.17, 15) is 4.79 Å². The van der Waals surface area contributed by atoms with E-state index < -0.39 is 0 Å². The number of terminal acetylenes is 1. The highest BCUT2D eigenvalue weighted by Gasteiger charge is 2.10. The zero-order valence-electron chi connectivity index (χ0n) is 11.3. The quantitative estimate of drug-likeness (QED) is 0.521. The molecule has 0 aromatic rings. The Kier molecular flexibility index (Phi) is 8.53. The van der Waals surface area contributed by atoms with Gasteiger partial charge in [-0.3, -0.25) is 4.79 Å². The van der Waals surface area contributed by atoms with Crippen LogP contribution in [0.1, 0.15) is 46.5 Å². The van der Waals surface area contributed by atoms with Crippen molar-refractivity contribution in [1.82, 2.24) is 5.32 Å². The van der Waals surface area contributed by atoms with Gasteiger partial charge in [-0.1, -0.05) is 20.8 Å². The molecule has 98 valence electrons. The van der Waals surface area contributed by atoms with Crippen molar-refractivity contribution >= 4 is 5.91 Å². The van der Waals surface area contributed by atoms with Crippen molar-refractivity contribution in [2.75, 3.05) is 19.8 Å². The van der Waals surface area contributed by atoms with Crippen molar-refractivity contribution in [2.24, 2.45) is 5.41 Å². The molecule has 0 aromatic carbocycles. The van der Waals surface area contributed by atoms with Crippen LogP contribution in [0.15, 0.2) is 0 Å². The highest BCUT2D eigenvalue weighted by atomic mass is 16.5. The molecule has 0 atom stereocenters. The Balaban J connectivity index is 3.33. The Morgan fingerprint density at radius 3 is 2.65 bits per heavy atom. The topological polar surface area (TPSA) is 38.3 Å². The van der Waals surface area contributed by atoms with Crippen molar-refractivity contribution in [1.29, 1.82) is 0 Å². The largest absolute Gasteiger partial charge is 0.372 e. The normalized spacial score (nSPS) is 10.9. The number of hydrogen-bond donors (Lipinski definition) is 1. The molecular weight excluding hydrogens is 214 g/mol. The molecule has 0 radical (unpaired) electrons. The van der Waals surface area contributed by atoms with Crippen LogP contribution < -0.4 is 5.32 Å². The molecule has 0 unspecified atom stereocenters. The zero-order valence-corrected chi connectivity index (χ0v) is 11.3. The third-order valence-corrected chi connectivity index (χ3v) is 2.29. The van der Waals surface area contributed by atoms with Crippen LogP contribution in [0.2, 0.25) is 0 Å². The van der Waals surface area contributed by atoms with Crippen LogP contribution in [0.5, 0.6) is 0 Å². The van der Waals surface area contributed by atoms with Crippen molar-refractivity contribution < 1.29 is 9.53 Å². The number of carbonyl (C=O) groups is 1. The van der Waals surface area contributed by atoms with Gasteiger partial charge in [0, 0.05) is 19.6 Å². The molecule has 0 saturated heterocycles. The Bertz CT molecular complexity index is 248. The fourth-order valence-electron chi connectivity index (χ4n) is 1.22. The summed E-state index contributed by atoms with van der Waals surface area (Å²) in [6.45, 7) is 7.93. The van der Waals surface area contributed by atoms with E-state index in [0.717, 1.165) is 25.7 Å². The Labute approximate surface area is 105 Å². The summed E-state index contributed by atoms with van der Waals surface area (Å²) in [5, 5.41) is 2.84. The molecular formula is C14H25NO2. The predicted octanol–water partition coefficient (Wildman–Crippen LogP) is 2.36. The van der Waals surface area contributed by atoms with Gasteiger partial charge >= 0.3 is 0 Å². The molecule has 0 heterocycles. The van der Waals surface area contributed by atoms with Gasteiger partial charge in [0.2, 0.25) is 5.91 Å². The summed E-state index contributed by atoms with van der Waals surface area (Å²) >= 11 is 0. The first-order valence-electron chi connectivity index (χ1n) is 6.23. The average Bonchev–Trinajstić information content (AvgIpc) is 2.21. The highest BCUT2D eigenvalue weighted by Crippen LogP contribution is 2.16. The number of unbranched alkanes of at least 4 members (excludes halogenated alkanes) is 2. The van der Waals surface area contributed by atoms with Crippen molar-refractivity contribution in [3.05, 3.63) is 0 Å². The van der Waals surface area contributed by atoms with Crippen LogP contribution >= 0.6 is 0 Å². The summed E-state index contributed by atoms with van der Waals surface area (Å²) in [6, 6.07) is 0. The first-order valence-corrected chi connectivity index (χ1v) is 6.23. The van der Waals surface area contributed by atoms with E-state index in [1.165, 1.54) is 0 Å². The zero-order chi connectivity index (χ0) is 13.1. The van der Waals surface area contributed by atoms with Gasteiger partial charge in [0.1, 0.15) is 6.61 Å². The molecule has 0 aliphatic carbocycles. The lowest BCUT2D eigenvalue weighted by Crippen LogP contribution is -2.30. The first-order chi connectivity index (χ1) is 7.95. The summed E-state index contributed by atoms with van der Waals surface area (Å²) in [7, 11) is 0. The van der Waals surface area contributed by atoms with Gasteiger partial charge in [-0.2, -0.15) is 0 Å². The lowest BCUT2D eigenvalue weighted by atomic mass is 9.92. The van der Waals surface area contributed by atoms with E-state index in [0.29, 0.717) is 13.2 Å². The minimum absolute atomic E-state index is 0.0359. The van der Waals surface area contributed by atoms with Crippen molar-refractivity contribution in [3.8, 4) is 12.3 Å². The van der Waals surface area contributed by atoms with Crippen LogP contribution in [0.4, 0.5) is 0 Å². The molecule has 0 fully saturated rings. The fraction of sp³-hybridized carbons (Fsp3) is 0.786. The van der Waals surface area contributed by atoms with E-state index in [1.807, 2.05) is 0 Å². The van der Waals surface area contributed by atoms with Gasteiger partial charge in [0.25, 0.3) is 0 Å². The highest BCUT2D eigenvalue weighted by molar-refractivity contribution is 5.77. The average molecular weight is 239 g/mol. The lowest BCUT2D eigenvalue weighted by Gasteiger charge is -2.17. The molecule has 0 spiro atoms.